The van der Waals surface area contributed by atoms with Crippen molar-refractivity contribution in [2.24, 2.45) is 0 Å². The normalized spacial score (nSPS) is 14.7. The molecule has 0 unspecified atom stereocenters. The standard InChI is InChI=1S/C20H22Cl2N2O3/c21-16-6-5-15(18(22)13-16)14-27-19-4-2-1-3-17(19)20(25)23-7-8-24-9-11-26-12-10-24/h1-6,13H,7-12,14H2,(H,23,25). The van der Waals surface area contributed by atoms with Gasteiger partial charge in [0.1, 0.15) is 12.4 Å². The summed E-state index contributed by atoms with van der Waals surface area (Å²) in [7, 11) is 0. The summed E-state index contributed by atoms with van der Waals surface area (Å²) in [5.74, 6) is 0.369. The Hall–Kier alpha value is -1.79. The number of para-hydroxylation sites is 1. The van der Waals surface area contributed by atoms with E-state index in [0.717, 1.165) is 38.4 Å². The predicted octanol–water partition coefficient (Wildman–Crippen LogP) is 3.63. The van der Waals surface area contributed by atoms with Crippen LogP contribution in [0.1, 0.15) is 15.9 Å². The van der Waals surface area contributed by atoms with Gasteiger partial charge in [0.05, 0.1) is 18.8 Å². The molecule has 0 bridgehead atoms. The molecule has 144 valence electrons. The molecule has 2 aromatic carbocycles. The van der Waals surface area contributed by atoms with E-state index in [-0.39, 0.29) is 12.5 Å². The molecule has 1 aliphatic rings. The molecule has 0 aliphatic carbocycles. The highest BCUT2D eigenvalue weighted by molar-refractivity contribution is 6.35. The second-order valence-corrected chi connectivity index (χ2v) is 7.07. The van der Waals surface area contributed by atoms with Crippen molar-refractivity contribution in [3.05, 3.63) is 63.6 Å². The molecule has 1 saturated heterocycles. The van der Waals surface area contributed by atoms with Crippen LogP contribution in [0.3, 0.4) is 0 Å². The van der Waals surface area contributed by atoms with E-state index in [1.165, 1.54) is 0 Å². The maximum Gasteiger partial charge on any atom is 0.255 e. The van der Waals surface area contributed by atoms with Gasteiger partial charge in [-0.05, 0) is 24.3 Å². The first-order valence-electron chi connectivity index (χ1n) is 8.87. The van der Waals surface area contributed by atoms with Gasteiger partial charge in [0.15, 0.2) is 0 Å². The predicted molar refractivity (Wildman–Crippen MR) is 107 cm³/mol. The summed E-state index contributed by atoms with van der Waals surface area (Å²) in [6.07, 6.45) is 0. The van der Waals surface area contributed by atoms with Crippen LogP contribution in [0.15, 0.2) is 42.5 Å². The number of morpholine rings is 1. The van der Waals surface area contributed by atoms with E-state index in [1.54, 1.807) is 24.3 Å². The first-order valence-corrected chi connectivity index (χ1v) is 9.63. The summed E-state index contributed by atoms with van der Waals surface area (Å²) < 4.78 is 11.2. The van der Waals surface area contributed by atoms with Gasteiger partial charge in [0, 0.05) is 41.8 Å². The van der Waals surface area contributed by atoms with E-state index in [1.807, 2.05) is 18.2 Å². The Labute approximate surface area is 169 Å². The van der Waals surface area contributed by atoms with Crippen LogP contribution < -0.4 is 10.1 Å². The minimum atomic E-state index is -0.152. The summed E-state index contributed by atoms with van der Waals surface area (Å²) in [5, 5.41) is 4.07. The smallest absolute Gasteiger partial charge is 0.255 e. The molecule has 0 aromatic heterocycles. The molecule has 7 heteroatoms. The van der Waals surface area contributed by atoms with Gasteiger partial charge in [-0.25, -0.2) is 0 Å². The van der Waals surface area contributed by atoms with Crippen LogP contribution in [-0.2, 0) is 11.3 Å². The monoisotopic (exact) mass is 408 g/mol. The zero-order chi connectivity index (χ0) is 19.1. The quantitative estimate of drug-likeness (QED) is 0.759. The molecule has 2 aromatic rings. The number of halogens is 2. The van der Waals surface area contributed by atoms with Crippen LogP contribution >= 0.6 is 23.2 Å². The largest absolute Gasteiger partial charge is 0.488 e. The number of hydrogen-bond acceptors (Lipinski definition) is 4. The third-order valence-electron chi connectivity index (χ3n) is 4.35. The van der Waals surface area contributed by atoms with Crippen molar-refractivity contribution in [1.29, 1.82) is 0 Å². The van der Waals surface area contributed by atoms with Crippen LogP contribution in [0.5, 0.6) is 5.75 Å². The maximum atomic E-state index is 12.6. The Morgan fingerprint density at radius 2 is 1.93 bits per heavy atom. The van der Waals surface area contributed by atoms with Gasteiger partial charge in [-0.2, -0.15) is 0 Å². The zero-order valence-electron chi connectivity index (χ0n) is 14.9. The molecule has 0 saturated carbocycles. The molecule has 0 atom stereocenters. The first kappa shape index (κ1) is 20.0. The van der Waals surface area contributed by atoms with Gasteiger partial charge in [0.2, 0.25) is 0 Å². The first-order chi connectivity index (χ1) is 13.1. The van der Waals surface area contributed by atoms with Crippen molar-refractivity contribution in [2.45, 2.75) is 6.61 Å². The van der Waals surface area contributed by atoms with E-state index in [2.05, 4.69) is 10.2 Å². The lowest BCUT2D eigenvalue weighted by molar-refractivity contribution is 0.0383. The molecule has 1 aliphatic heterocycles. The lowest BCUT2D eigenvalue weighted by Gasteiger charge is -2.26. The molecule has 1 fully saturated rings. The number of amides is 1. The Morgan fingerprint density at radius 1 is 1.15 bits per heavy atom. The Balaban J connectivity index is 1.56. The number of nitrogens with zero attached hydrogens (tertiary/aromatic N) is 1. The highest BCUT2D eigenvalue weighted by Gasteiger charge is 2.14. The van der Waals surface area contributed by atoms with Gasteiger partial charge < -0.3 is 14.8 Å². The van der Waals surface area contributed by atoms with Gasteiger partial charge in [-0.3, -0.25) is 9.69 Å². The second-order valence-electron chi connectivity index (χ2n) is 6.23. The highest BCUT2D eigenvalue weighted by atomic mass is 35.5. The van der Waals surface area contributed by atoms with E-state index in [4.69, 9.17) is 32.7 Å². The fraction of sp³-hybridized carbons (Fsp3) is 0.350. The molecule has 1 heterocycles. The molecule has 0 radical (unpaired) electrons. The average molecular weight is 409 g/mol. The molecule has 3 rings (SSSR count). The number of carbonyl (C=O) groups is 1. The summed E-state index contributed by atoms with van der Waals surface area (Å²) in [5.41, 5.74) is 1.31. The Morgan fingerprint density at radius 3 is 2.70 bits per heavy atom. The van der Waals surface area contributed by atoms with Crippen molar-refractivity contribution in [3.63, 3.8) is 0 Å². The van der Waals surface area contributed by atoms with Crippen molar-refractivity contribution in [3.8, 4) is 5.75 Å². The van der Waals surface area contributed by atoms with Crippen LogP contribution in [0.25, 0.3) is 0 Å². The van der Waals surface area contributed by atoms with E-state index in [0.29, 0.717) is 27.9 Å². The van der Waals surface area contributed by atoms with Crippen molar-refractivity contribution >= 4 is 29.1 Å². The van der Waals surface area contributed by atoms with E-state index < -0.39 is 0 Å². The zero-order valence-corrected chi connectivity index (χ0v) is 16.4. The molecular weight excluding hydrogens is 387 g/mol. The number of ether oxygens (including phenoxy) is 2. The molecule has 1 N–H and O–H groups in total. The minimum absolute atomic E-state index is 0.152. The van der Waals surface area contributed by atoms with Crippen LogP contribution in [-0.4, -0.2) is 50.2 Å². The maximum absolute atomic E-state index is 12.6. The molecular formula is C20H22Cl2N2O3. The SMILES string of the molecule is O=C(NCCN1CCOCC1)c1ccccc1OCc1ccc(Cl)cc1Cl. The van der Waals surface area contributed by atoms with E-state index in [9.17, 15) is 4.79 Å². The molecule has 27 heavy (non-hydrogen) atoms. The molecule has 0 spiro atoms. The van der Waals surface area contributed by atoms with Gasteiger partial charge in [-0.15, -0.1) is 0 Å². The third-order valence-corrected chi connectivity index (χ3v) is 4.93. The number of carbonyl (C=O) groups excluding carboxylic acids is 1. The van der Waals surface area contributed by atoms with Crippen LogP contribution in [0, 0.1) is 0 Å². The van der Waals surface area contributed by atoms with Gasteiger partial charge in [-0.1, -0.05) is 41.4 Å². The van der Waals surface area contributed by atoms with Gasteiger partial charge >= 0.3 is 0 Å². The number of nitrogens with one attached hydrogen (secondary N) is 1. The topological polar surface area (TPSA) is 50.8 Å². The minimum Gasteiger partial charge on any atom is -0.488 e. The third kappa shape index (κ3) is 5.84. The highest BCUT2D eigenvalue weighted by Crippen LogP contribution is 2.24. The fourth-order valence-electron chi connectivity index (χ4n) is 2.82. The van der Waals surface area contributed by atoms with Crippen LogP contribution in [0.4, 0.5) is 0 Å². The Kier molecular flexibility index (Phi) is 7.35. The Bertz CT molecular complexity index is 780. The lowest BCUT2D eigenvalue weighted by Crippen LogP contribution is -2.41. The number of hydrogen-bond donors (Lipinski definition) is 1. The molecule has 5 nitrogen and oxygen atoms in total. The average Bonchev–Trinajstić information content (AvgIpc) is 2.68. The summed E-state index contributed by atoms with van der Waals surface area (Å²) in [4.78, 5) is 14.8. The summed E-state index contributed by atoms with van der Waals surface area (Å²) in [6, 6.07) is 12.4. The van der Waals surface area contributed by atoms with Crippen molar-refractivity contribution in [2.75, 3.05) is 39.4 Å². The fourth-order valence-corrected chi connectivity index (χ4v) is 3.28. The van der Waals surface area contributed by atoms with Crippen molar-refractivity contribution in [1.82, 2.24) is 10.2 Å². The number of rotatable bonds is 7. The van der Waals surface area contributed by atoms with E-state index >= 15 is 0 Å². The summed E-state index contributed by atoms with van der Waals surface area (Å²) in [6.45, 7) is 4.94. The summed E-state index contributed by atoms with van der Waals surface area (Å²) >= 11 is 12.1. The lowest BCUT2D eigenvalue weighted by atomic mass is 10.2. The molecule has 1 amide bonds. The van der Waals surface area contributed by atoms with Crippen molar-refractivity contribution < 1.29 is 14.3 Å². The van der Waals surface area contributed by atoms with Gasteiger partial charge in [0.25, 0.3) is 5.91 Å². The van der Waals surface area contributed by atoms with Crippen LogP contribution in [0.2, 0.25) is 10.0 Å². The second kappa shape index (κ2) is 9.95. The number of benzene rings is 2.